The number of rotatable bonds is 8. The molecule has 2 heterocycles. The highest BCUT2D eigenvalue weighted by Gasteiger charge is 2.15. The number of nitrogens with one attached hydrogen (secondary N) is 2. The second-order valence-corrected chi connectivity index (χ2v) is 9.44. The first kappa shape index (κ1) is 23.5. The molecule has 0 aliphatic heterocycles. The molecule has 0 radical (unpaired) electrons. The van der Waals surface area contributed by atoms with Crippen LogP contribution in [0.3, 0.4) is 0 Å². The van der Waals surface area contributed by atoms with E-state index in [-0.39, 0.29) is 11.8 Å². The van der Waals surface area contributed by atoms with Crippen molar-refractivity contribution in [2.24, 2.45) is 0 Å². The van der Waals surface area contributed by atoms with E-state index in [4.69, 9.17) is 0 Å². The summed E-state index contributed by atoms with van der Waals surface area (Å²) in [5, 5.41) is 6.94. The smallest absolute Gasteiger partial charge is 0.251 e. The van der Waals surface area contributed by atoms with Gasteiger partial charge in [-0.3, -0.25) is 14.0 Å². The third kappa shape index (κ3) is 5.12. The molecule has 0 saturated heterocycles. The normalized spacial score (nSPS) is 12.8. The Bertz CT molecular complexity index is 1340. The van der Waals surface area contributed by atoms with Gasteiger partial charge in [0.1, 0.15) is 12.1 Å². The predicted molar refractivity (Wildman–Crippen MR) is 136 cm³/mol. The first-order chi connectivity index (χ1) is 16.5. The van der Waals surface area contributed by atoms with Gasteiger partial charge in [0.25, 0.3) is 5.91 Å². The van der Waals surface area contributed by atoms with Crippen LogP contribution >= 0.6 is 0 Å². The quantitative estimate of drug-likeness (QED) is 0.394. The van der Waals surface area contributed by atoms with Crippen LogP contribution in [0.5, 0.6) is 0 Å². The van der Waals surface area contributed by atoms with Gasteiger partial charge < -0.3 is 10.6 Å². The predicted octanol–water partition coefficient (Wildman–Crippen LogP) is 4.39. The van der Waals surface area contributed by atoms with Gasteiger partial charge in [-0.25, -0.2) is 9.97 Å². The summed E-state index contributed by atoms with van der Waals surface area (Å²) in [6.07, 6.45) is 5.76. The zero-order valence-electron chi connectivity index (χ0n) is 19.4. The Balaban J connectivity index is 1.45. The van der Waals surface area contributed by atoms with Gasteiger partial charge >= 0.3 is 0 Å². The maximum atomic E-state index is 12.2. The topological polar surface area (TPSA) is 96.9 Å². The summed E-state index contributed by atoms with van der Waals surface area (Å²) in [5.41, 5.74) is 4.35. The van der Waals surface area contributed by atoms with Gasteiger partial charge in [-0.15, -0.1) is 0 Å². The summed E-state index contributed by atoms with van der Waals surface area (Å²) in [7, 11) is 0.627. The summed E-state index contributed by atoms with van der Waals surface area (Å²) in [4.78, 5) is 26.3. The number of para-hydroxylation sites is 1. The van der Waals surface area contributed by atoms with Crippen molar-refractivity contribution in [3.8, 4) is 11.3 Å². The van der Waals surface area contributed by atoms with Gasteiger partial charge in [-0.1, -0.05) is 37.3 Å². The second-order valence-electron chi connectivity index (χ2n) is 8.06. The average Bonchev–Trinajstić information content (AvgIpc) is 2.87. The molecule has 0 aliphatic rings. The highest BCUT2D eigenvalue weighted by Crippen LogP contribution is 2.28. The van der Waals surface area contributed by atoms with Crippen molar-refractivity contribution in [1.82, 2.24) is 20.3 Å². The molecule has 2 atom stereocenters. The van der Waals surface area contributed by atoms with Crippen LogP contribution in [0.15, 0.2) is 72.0 Å². The van der Waals surface area contributed by atoms with E-state index in [9.17, 15) is 9.00 Å². The van der Waals surface area contributed by atoms with Gasteiger partial charge in [0.2, 0.25) is 0 Å². The lowest BCUT2D eigenvalue weighted by Crippen LogP contribution is -2.18. The number of carbonyl (C=O) groups is 1. The molecule has 1 amide bonds. The lowest BCUT2D eigenvalue weighted by molar-refractivity contribution is 0.0964. The third-order valence-electron chi connectivity index (χ3n) is 5.84. The fourth-order valence-electron chi connectivity index (χ4n) is 3.93. The Morgan fingerprint density at radius 2 is 1.85 bits per heavy atom. The van der Waals surface area contributed by atoms with Crippen LogP contribution < -0.4 is 10.6 Å². The first-order valence-corrected chi connectivity index (χ1v) is 12.6. The summed E-state index contributed by atoms with van der Waals surface area (Å²) >= 11 is 0. The fraction of sp³-hybridized carbons (Fsp3) is 0.231. The summed E-state index contributed by atoms with van der Waals surface area (Å²) in [6, 6.07) is 17.2. The first-order valence-electron chi connectivity index (χ1n) is 11.1. The van der Waals surface area contributed by atoms with Gasteiger partial charge in [0, 0.05) is 58.8 Å². The van der Waals surface area contributed by atoms with E-state index in [1.54, 1.807) is 31.9 Å². The van der Waals surface area contributed by atoms with Crippen LogP contribution in [0.2, 0.25) is 0 Å². The SMILES string of the molecule is CNC(=O)c1ccnc2c(C(C)CCNc3cc(-c4ccc(S(C)=O)cc4)ncn3)cccc12. The van der Waals surface area contributed by atoms with Crippen molar-refractivity contribution in [3.63, 3.8) is 0 Å². The number of carbonyl (C=O) groups excluding carboxylic acids is 1. The highest BCUT2D eigenvalue weighted by molar-refractivity contribution is 7.84. The van der Waals surface area contributed by atoms with E-state index in [1.165, 1.54) is 0 Å². The van der Waals surface area contributed by atoms with E-state index in [0.29, 0.717) is 5.56 Å². The molecule has 7 nitrogen and oxygen atoms in total. The van der Waals surface area contributed by atoms with Gasteiger partial charge in [0.05, 0.1) is 16.8 Å². The van der Waals surface area contributed by atoms with Crippen molar-refractivity contribution in [1.29, 1.82) is 0 Å². The maximum Gasteiger partial charge on any atom is 0.251 e. The number of hydrogen-bond donors (Lipinski definition) is 2. The van der Waals surface area contributed by atoms with Crippen LogP contribution in [0, 0.1) is 0 Å². The maximum absolute atomic E-state index is 12.2. The van der Waals surface area contributed by atoms with Crippen LogP contribution in [-0.4, -0.2) is 44.9 Å². The van der Waals surface area contributed by atoms with Crippen LogP contribution in [0.4, 0.5) is 5.82 Å². The number of nitrogens with zero attached hydrogens (tertiary/aromatic N) is 3. The lowest BCUT2D eigenvalue weighted by atomic mass is 9.94. The minimum Gasteiger partial charge on any atom is -0.370 e. The van der Waals surface area contributed by atoms with Gasteiger partial charge in [-0.05, 0) is 36.1 Å². The molecule has 0 bridgehead atoms. The molecular weight excluding hydrogens is 446 g/mol. The van der Waals surface area contributed by atoms with Crippen LogP contribution in [-0.2, 0) is 10.8 Å². The molecule has 34 heavy (non-hydrogen) atoms. The lowest BCUT2D eigenvalue weighted by Gasteiger charge is -2.16. The number of hydrogen-bond acceptors (Lipinski definition) is 6. The number of benzene rings is 2. The fourth-order valence-corrected chi connectivity index (χ4v) is 4.45. The Morgan fingerprint density at radius 1 is 1.06 bits per heavy atom. The number of fused-ring (bicyclic) bond motifs is 1. The van der Waals surface area contributed by atoms with E-state index in [0.717, 1.165) is 51.4 Å². The van der Waals surface area contributed by atoms with Crippen molar-refractivity contribution in [2.75, 3.05) is 25.2 Å². The molecule has 2 aromatic carbocycles. The molecule has 2 aromatic heterocycles. The van der Waals surface area contributed by atoms with Gasteiger partial charge in [0.15, 0.2) is 0 Å². The molecule has 2 N–H and O–H groups in total. The second kappa shape index (κ2) is 10.5. The summed E-state index contributed by atoms with van der Waals surface area (Å²) in [5.74, 6) is 0.863. The molecule has 174 valence electrons. The van der Waals surface area contributed by atoms with E-state index >= 15 is 0 Å². The summed E-state index contributed by atoms with van der Waals surface area (Å²) < 4.78 is 11.6. The standard InChI is InChI=1S/C26H27N5O2S/c1-17(20-5-4-6-21-22(26(32)27-2)12-14-29-25(20)21)11-13-28-24-15-23(30-16-31-24)18-7-9-19(10-8-18)34(3)33/h4-10,12,14-17H,11,13H2,1-3H3,(H,27,32)(H,28,30,31). The zero-order chi connectivity index (χ0) is 24.1. The van der Waals surface area contributed by atoms with Crippen LogP contribution in [0.25, 0.3) is 22.2 Å². The van der Waals surface area contributed by atoms with Crippen molar-refractivity contribution < 1.29 is 9.00 Å². The van der Waals surface area contributed by atoms with Crippen molar-refractivity contribution in [2.45, 2.75) is 24.2 Å². The number of amides is 1. The molecule has 0 saturated carbocycles. The molecule has 0 fully saturated rings. The zero-order valence-corrected chi connectivity index (χ0v) is 20.2. The minimum absolute atomic E-state index is 0.115. The molecular formula is C26H27N5O2S. The minimum atomic E-state index is -1.01. The van der Waals surface area contributed by atoms with E-state index in [2.05, 4.69) is 38.6 Å². The number of anilines is 1. The number of pyridine rings is 1. The van der Waals surface area contributed by atoms with Crippen molar-refractivity contribution in [3.05, 3.63) is 78.2 Å². The van der Waals surface area contributed by atoms with Gasteiger partial charge in [-0.2, -0.15) is 0 Å². The van der Waals surface area contributed by atoms with E-state index < -0.39 is 10.8 Å². The number of aromatic nitrogens is 3. The molecule has 0 aliphatic carbocycles. The molecule has 4 aromatic rings. The van der Waals surface area contributed by atoms with E-state index in [1.807, 2.05) is 42.5 Å². The Kier molecular flexibility index (Phi) is 7.27. The highest BCUT2D eigenvalue weighted by atomic mass is 32.2. The van der Waals surface area contributed by atoms with Crippen molar-refractivity contribution >= 4 is 33.4 Å². The summed E-state index contributed by atoms with van der Waals surface area (Å²) in [6.45, 7) is 2.88. The van der Waals surface area contributed by atoms with Crippen LogP contribution in [0.1, 0.15) is 35.2 Å². The Hall–Kier alpha value is -3.65. The molecule has 8 heteroatoms. The Morgan fingerprint density at radius 3 is 2.59 bits per heavy atom. The molecule has 2 unspecified atom stereocenters. The average molecular weight is 474 g/mol. The molecule has 4 rings (SSSR count). The monoisotopic (exact) mass is 473 g/mol. The largest absolute Gasteiger partial charge is 0.370 e. The molecule has 0 spiro atoms. The Labute approximate surface area is 201 Å². The third-order valence-corrected chi connectivity index (χ3v) is 6.77.